The van der Waals surface area contributed by atoms with Crippen molar-refractivity contribution < 1.29 is 9.53 Å². The molecule has 0 aliphatic heterocycles. The molecule has 1 heterocycles. The number of aryl methyl sites for hydroxylation is 1. The van der Waals surface area contributed by atoms with Crippen LogP contribution in [0.3, 0.4) is 0 Å². The van der Waals surface area contributed by atoms with Crippen LogP contribution in [0.25, 0.3) is 10.8 Å². The molecule has 3 heteroatoms. The molecule has 0 aliphatic rings. The zero-order valence-corrected chi connectivity index (χ0v) is 12.9. The Labute approximate surface area is 128 Å². The molecule has 106 valence electrons. The molecule has 0 bridgehead atoms. The van der Waals surface area contributed by atoms with Crippen molar-refractivity contribution in [1.29, 1.82) is 0 Å². The summed E-state index contributed by atoms with van der Waals surface area (Å²) in [6, 6.07) is 14.0. The predicted octanol–water partition coefficient (Wildman–Crippen LogP) is 4.64. The maximum atomic E-state index is 12.4. The number of ether oxygens (including phenoxy) is 1. The van der Waals surface area contributed by atoms with E-state index in [1.165, 1.54) is 0 Å². The molecule has 0 saturated heterocycles. The summed E-state index contributed by atoms with van der Waals surface area (Å²) in [5.41, 5.74) is 1.85. The lowest BCUT2D eigenvalue weighted by molar-refractivity contribution is 0.0993. The molecule has 0 aliphatic carbocycles. The van der Waals surface area contributed by atoms with Gasteiger partial charge in [-0.3, -0.25) is 4.79 Å². The van der Waals surface area contributed by atoms with E-state index >= 15 is 0 Å². The molecule has 1 aromatic heterocycles. The molecule has 0 N–H and O–H groups in total. The van der Waals surface area contributed by atoms with E-state index in [1.54, 1.807) is 18.4 Å². The summed E-state index contributed by atoms with van der Waals surface area (Å²) in [4.78, 5) is 13.6. The van der Waals surface area contributed by atoms with Crippen LogP contribution in [0.1, 0.15) is 20.8 Å². The lowest BCUT2D eigenvalue weighted by Crippen LogP contribution is -2.02. The van der Waals surface area contributed by atoms with Crippen molar-refractivity contribution in [1.82, 2.24) is 0 Å². The molecule has 0 fully saturated rings. The Morgan fingerprint density at radius 1 is 1.19 bits per heavy atom. The van der Waals surface area contributed by atoms with E-state index in [9.17, 15) is 4.79 Å². The number of fused-ring (bicyclic) bond motifs is 1. The minimum absolute atomic E-state index is 0.162. The van der Waals surface area contributed by atoms with Crippen molar-refractivity contribution in [2.24, 2.45) is 0 Å². The summed E-state index contributed by atoms with van der Waals surface area (Å²) in [6.07, 6.45) is 0.417. The highest BCUT2D eigenvalue weighted by Gasteiger charge is 2.11. The van der Waals surface area contributed by atoms with Gasteiger partial charge in [-0.05, 0) is 41.5 Å². The van der Waals surface area contributed by atoms with Crippen LogP contribution in [-0.4, -0.2) is 12.9 Å². The van der Waals surface area contributed by atoms with Crippen LogP contribution in [0.4, 0.5) is 0 Å². The van der Waals surface area contributed by atoms with Crippen molar-refractivity contribution in [3.05, 3.63) is 63.8 Å². The number of carbonyl (C=O) groups is 1. The molecule has 0 unspecified atom stereocenters. The Morgan fingerprint density at radius 3 is 2.76 bits per heavy atom. The highest BCUT2D eigenvalue weighted by molar-refractivity contribution is 7.10. The van der Waals surface area contributed by atoms with Gasteiger partial charge in [-0.1, -0.05) is 24.3 Å². The zero-order valence-electron chi connectivity index (χ0n) is 12.1. The van der Waals surface area contributed by atoms with Crippen LogP contribution < -0.4 is 4.74 Å². The summed E-state index contributed by atoms with van der Waals surface area (Å²) in [5.74, 6) is 0.975. The van der Waals surface area contributed by atoms with Gasteiger partial charge < -0.3 is 4.74 Å². The van der Waals surface area contributed by atoms with Crippen LogP contribution in [0.2, 0.25) is 0 Å². The Morgan fingerprint density at radius 2 is 2.05 bits per heavy atom. The number of carbonyl (C=O) groups excluding carboxylic acids is 1. The third kappa shape index (κ3) is 2.83. The number of hydrogen-bond donors (Lipinski definition) is 0. The van der Waals surface area contributed by atoms with Crippen molar-refractivity contribution in [2.75, 3.05) is 7.11 Å². The first-order valence-corrected chi connectivity index (χ1v) is 7.69. The molecular formula is C18H16O2S. The highest BCUT2D eigenvalue weighted by atomic mass is 32.1. The quantitative estimate of drug-likeness (QED) is 0.655. The minimum Gasteiger partial charge on any atom is -0.497 e. The second kappa shape index (κ2) is 5.70. The van der Waals surface area contributed by atoms with Gasteiger partial charge in [0.05, 0.1) is 7.11 Å². The first kappa shape index (κ1) is 13.8. The number of rotatable bonds is 4. The predicted molar refractivity (Wildman–Crippen MR) is 87.6 cm³/mol. The molecule has 21 heavy (non-hydrogen) atoms. The van der Waals surface area contributed by atoms with Crippen molar-refractivity contribution in [3.8, 4) is 5.75 Å². The number of benzene rings is 2. The van der Waals surface area contributed by atoms with Gasteiger partial charge in [-0.25, -0.2) is 0 Å². The molecular weight excluding hydrogens is 280 g/mol. The van der Waals surface area contributed by atoms with Crippen molar-refractivity contribution >= 4 is 27.9 Å². The first-order valence-electron chi connectivity index (χ1n) is 6.81. The molecule has 2 aromatic carbocycles. The van der Waals surface area contributed by atoms with Gasteiger partial charge in [0, 0.05) is 22.2 Å². The van der Waals surface area contributed by atoms with E-state index in [4.69, 9.17) is 4.74 Å². The normalized spacial score (nSPS) is 10.8. The third-order valence-corrected chi connectivity index (χ3v) is 4.44. The van der Waals surface area contributed by atoms with Crippen LogP contribution in [0.15, 0.2) is 47.8 Å². The smallest absolute Gasteiger partial charge is 0.168 e. The van der Waals surface area contributed by atoms with Gasteiger partial charge >= 0.3 is 0 Å². The molecule has 0 atom stereocenters. The van der Waals surface area contributed by atoms with Gasteiger partial charge in [-0.15, -0.1) is 11.3 Å². The fourth-order valence-corrected chi connectivity index (χ4v) is 3.17. The number of Topliss-reactive ketones (excluding diaryl/α,β-unsaturated/α-hetero) is 1. The van der Waals surface area contributed by atoms with Crippen LogP contribution in [-0.2, 0) is 6.42 Å². The van der Waals surface area contributed by atoms with Gasteiger partial charge in [0.2, 0.25) is 0 Å². The van der Waals surface area contributed by atoms with E-state index in [0.29, 0.717) is 6.42 Å². The topological polar surface area (TPSA) is 26.3 Å². The van der Waals surface area contributed by atoms with Gasteiger partial charge in [0.15, 0.2) is 5.78 Å². The molecule has 0 radical (unpaired) electrons. The molecule has 2 nitrogen and oxygen atoms in total. The summed E-state index contributed by atoms with van der Waals surface area (Å²) in [7, 11) is 1.66. The van der Waals surface area contributed by atoms with E-state index < -0.39 is 0 Å². The second-order valence-electron chi connectivity index (χ2n) is 5.05. The maximum Gasteiger partial charge on any atom is 0.168 e. The Hall–Kier alpha value is -2.13. The molecule has 0 amide bonds. The number of methoxy groups -OCH3 is 1. The average molecular weight is 296 g/mol. The zero-order chi connectivity index (χ0) is 14.8. The third-order valence-electron chi connectivity index (χ3n) is 3.58. The van der Waals surface area contributed by atoms with Crippen LogP contribution in [0, 0.1) is 6.92 Å². The van der Waals surface area contributed by atoms with Crippen molar-refractivity contribution in [3.63, 3.8) is 0 Å². The fourth-order valence-electron chi connectivity index (χ4n) is 2.46. The molecule has 3 rings (SSSR count). The highest BCUT2D eigenvalue weighted by Crippen LogP contribution is 2.25. The lowest BCUT2D eigenvalue weighted by Gasteiger charge is -2.07. The Kier molecular flexibility index (Phi) is 3.76. The molecule has 0 spiro atoms. The minimum atomic E-state index is 0.162. The fraction of sp³-hybridized carbons (Fsp3) is 0.167. The number of thiophene rings is 1. The van der Waals surface area contributed by atoms with Crippen molar-refractivity contribution in [2.45, 2.75) is 13.3 Å². The van der Waals surface area contributed by atoms with Crippen LogP contribution in [0.5, 0.6) is 5.75 Å². The standard InChI is InChI=1S/C18H16O2S/c1-12-8-15(11-21-12)18(19)9-14-5-3-4-13-6-7-16(20-2)10-17(13)14/h3-8,10-11H,9H2,1-2H3. The SMILES string of the molecule is COc1ccc2cccc(CC(=O)c3csc(C)c3)c2c1. The summed E-state index contributed by atoms with van der Waals surface area (Å²) >= 11 is 1.61. The summed E-state index contributed by atoms with van der Waals surface area (Å²) in [6.45, 7) is 2.02. The summed E-state index contributed by atoms with van der Waals surface area (Å²) < 4.78 is 5.29. The number of ketones is 1. The lowest BCUT2D eigenvalue weighted by atomic mass is 9.98. The van der Waals surface area contributed by atoms with Gasteiger partial charge in [-0.2, -0.15) is 0 Å². The Balaban J connectivity index is 1.98. The number of hydrogen-bond acceptors (Lipinski definition) is 3. The van der Waals surface area contributed by atoms with Gasteiger partial charge in [0.25, 0.3) is 0 Å². The van der Waals surface area contributed by atoms with Gasteiger partial charge in [0.1, 0.15) is 5.75 Å². The average Bonchev–Trinajstić information content (AvgIpc) is 2.94. The molecule has 3 aromatic rings. The Bertz CT molecular complexity index is 802. The monoisotopic (exact) mass is 296 g/mol. The largest absolute Gasteiger partial charge is 0.497 e. The van der Waals surface area contributed by atoms with Crippen LogP contribution >= 0.6 is 11.3 Å². The summed E-state index contributed by atoms with van der Waals surface area (Å²) in [5, 5.41) is 4.14. The van der Waals surface area contributed by atoms with E-state index in [1.807, 2.05) is 48.7 Å². The van der Waals surface area contributed by atoms with E-state index in [0.717, 1.165) is 32.5 Å². The van der Waals surface area contributed by atoms with E-state index in [-0.39, 0.29) is 5.78 Å². The maximum absolute atomic E-state index is 12.4. The van der Waals surface area contributed by atoms with E-state index in [2.05, 4.69) is 6.07 Å². The molecule has 0 saturated carbocycles. The second-order valence-corrected chi connectivity index (χ2v) is 6.17. The first-order chi connectivity index (χ1) is 10.2.